The summed E-state index contributed by atoms with van der Waals surface area (Å²) in [6.45, 7) is 0.269. The first-order chi connectivity index (χ1) is 10.5. The van der Waals surface area contributed by atoms with Gasteiger partial charge in [0.25, 0.3) is 5.91 Å². The van der Waals surface area contributed by atoms with Crippen molar-refractivity contribution in [2.45, 2.75) is 31.6 Å². The van der Waals surface area contributed by atoms with E-state index in [1.807, 2.05) is 6.07 Å². The second-order valence-electron chi connectivity index (χ2n) is 5.89. The van der Waals surface area contributed by atoms with Crippen LogP contribution in [0.1, 0.15) is 36.0 Å². The van der Waals surface area contributed by atoms with Gasteiger partial charge >= 0.3 is 0 Å². The molecular formula is C16H17ClF2N2O. The van der Waals surface area contributed by atoms with E-state index in [0.717, 1.165) is 11.9 Å². The molecule has 0 bridgehead atoms. The molecule has 1 unspecified atom stereocenters. The number of H-pyrrole nitrogens is 1. The number of halogens is 3. The van der Waals surface area contributed by atoms with Crippen LogP contribution >= 0.6 is 11.6 Å². The van der Waals surface area contributed by atoms with Crippen LogP contribution in [0, 0.1) is 5.92 Å². The van der Waals surface area contributed by atoms with E-state index in [0.29, 0.717) is 22.4 Å². The van der Waals surface area contributed by atoms with E-state index >= 15 is 0 Å². The fourth-order valence-electron chi connectivity index (χ4n) is 3.10. The largest absolute Gasteiger partial charge is 0.360 e. The monoisotopic (exact) mass is 326 g/mol. The van der Waals surface area contributed by atoms with Gasteiger partial charge in [0, 0.05) is 36.5 Å². The molecule has 0 aliphatic heterocycles. The van der Waals surface area contributed by atoms with Crippen molar-refractivity contribution in [1.29, 1.82) is 0 Å². The van der Waals surface area contributed by atoms with Crippen LogP contribution in [0.15, 0.2) is 24.4 Å². The third kappa shape index (κ3) is 3.09. The lowest BCUT2D eigenvalue weighted by atomic mass is 9.86. The molecule has 1 aliphatic carbocycles. The van der Waals surface area contributed by atoms with Crippen molar-refractivity contribution in [2.24, 2.45) is 5.92 Å². The number of hydrogen-bond acceptors (Lipinski definition) is 1. The summed E-state index contributed by atoms with van der Waals surface area (Å²) in [5, 5.41) is 3.92. The number of benzene rings is 1. The van der Waals surface area contributed by atoms with E-state index in [-0.39, 0.29) is 31.2 Å². The van der Waals surface area contributed by atoms with E-state index in [1.165, 1.54) is 0 Å². The fraction of sp³-hybridized carbons (Fsp3) is 0.438. The Morgan fingerprint density at radius 3 is 3.05 bits per heavy atom. The molecule has 2 aromatic rings. The zero-order valence-corrected chi connectivity index (χ0v) is 12.7. The lowest BCUT2D eigenvalue weighted by Crippen LogP contribution is -2.35. The molecule has 1 fully saturated rings. The van der Waals surface area contributed by atoms with Gasteiger partial charge in [-0.15, -0.1) is 0 Å². The molecule has 1 aromatic heterocycles. The van der Waals surface area contributed by atoms with Gasteiger partial charge in [-0.1, -0.05) is 17.7 Å². The molecule has 2 N–H and O–H groups in total. The molecule has 3 rings (SSSR count). The summed E-state index contributed by atoms with van der Waals surface area (Å²) < 4.78 is 26.8. The topological polar surface area (TPSA) is 44.9 Å². The number of carbonyl (C=O) groups is 1. The van der Waals surface area contributed by atoms with Crippen LogP contribution in [0.3, 0.4) is 0 Å². The minimum absolute atomic E-state index is 0.0461. The third-order valence-corrected chi connectivity index (χ3v) is 4.51. The highest BCUT2D eigenvalue weighted by molar-refractivity contribution is 6.36. The quantitative estimate of drug-likeness (QED) is 0.864. The van der Waals surface area contributed by atoms with Crippen LogP contribution in [-0.2, 0) is 0 Å². The molecule has 1 atom stereocenters. The molecule has 1 heterocycles. The van der Waals surface area contributed by atoms with Gasteiger partial charge in [-0.2, -0.15) is 0 Å². The Kier molecular flexibility index (Phi) is 4.08. The van der Waals surface area contributed by atoms with Gasteiger partial charge in [0.2, 0.25) is 5.92 Å². The molecule has 0 saturated heterocycles. The number of rotatable bonds is 3. The normalized spacial score (nSPS) is 21.0. The number of nitrogens with one attached hydrogen (secondary N) is 2. The van der Waals surface area contributed by atoms with Crippen LogP contribution in [0.25, 0.3) is 10.9 Å². The Morgan fingerprint density at radius 2 is 2.27 bits per heavy atom. The first-order valence-corrected chi connectivity index (χ1v) is 7.76. The maximum absolute atomic E-state index is 13.4. The highest BCUT2D eigenvalue weighted by atomic mass is 35.5. The number of fused-ring (bicyclic) bond motifs is 1. The maximum Gasteiger partial charge on any atom is 0.253 e. The number of aromatic nitrogens is 1. The summed E-state index contributed by atoms with van der Waals surface area (Å²) in [7, 11) is 0. The summed E-state index contributed by atoms with van der Waals surface area (Å²) in [4.78, 5) is 15.3. The minimum Gasteiger partial charge on any atom is -0.360 e. The van der Waals surface area contributed by atoms with Gasteiger partial charge in [-0.05, 0) is 30.9 Å². The van der Waals surface area contributed by atoms with Crippen molar-refractivity contribution in [2.75, 3.05) is 6.54 Å². The molecule has 6 heteroatoms. The van der Waals surface area contributed by atoms with Gasteiger partial charge in [0.15, 0.2) is 0 Å². The van der Waals surface area contributed by atoms with Crippen molar-refractivity contribution < 1.29 is 13.6 Å². The van der Waals surface area contributed by atoms with Gasteiger partial charge in [-0.25, -0.2) is 8.78 Å². The SMILES string of the molecule is O=C(NCC1CCCC(F)(F)C1)c1c[nH]c2cccc(Cl)c12. The summed E-state index contributed by atoms with van der Waals surface area (Å²) in [6.07, 6.45) is 2.63. The van der Waals surface area contributed by atoms with Crippen LogP contribution in [0.5, 0.6) is 0 Å². The Morgan fingerprint density at radius 1 is 1.45 bits per heavy atom. The van der Waals surface area contributed by atoms with Gasteiger partial charge in [-0.3, -0.25) is 4.79 Å². The van der Waals surface area contributed by atoms with Gasteiger partial charge in [0.1, 0.15) is 0 Å². The van der Waals surface area contributed by atoms with Crippen molar-refractivity contribution >= 4 is 28.4 Å². The lowest BCUT2D eigenvalue weighted by molar-refractivity contribution is -0.0518. The first-order valence-electron chi connectivity index (χ1n) is 7.38. The highest BCUT2D eigenvalue weighted by Crippen LogP contribution is 2.36. The van der Waals surface area contributed by atoms with E-state index < -0.39 is 5.92 Å². The lowest BCUT2D eigenvalue weighted by Gasteiger charge is -2.28. The predicted molar refractivity (Wildman–Crippen MR) is 82.5 cm³/mol. The molecule has 0 spiro atoms. The average Bonchev–Trinajstić information content (AvgIpc) is 2.89. The van der Waals surface area contributed by atoms with Gasteiger partial charge in [0.05, 0.1) is 10.6 Å². The number of amides is 1. The zero-order chi connectivity index (χ0) is 15.7. The first kappa shape index (κ1) is 15.3. The van der Waals surface area contributed by atoms with E-state index in [4.69, 9.17) is 11.6 Å². The molecule has 22 heavy (non-hydrogen) atoms. The van der Waals surface area contributed by atoms with Crippen molar-refractivity contribution in [1.82, 2.24) is 10.3 Å². The average molecular weight is 327 g/mol. The molecular weight excluding hydrogens is 310 g/mol. The van der Waals surface area contributed by atoms with Crippen LogP contribution in [0.4, 0.5) is 8.78 Å². The number of alkyl halides is 2. The van der Waals surface area contributed by atoms with Crippen LogP contribution < -0.4 is 5.32 Å². The Labute approximate surface area is 132 Å². The molecule has 1 aromatic carbocycles. The van der Waals surface area contributed by atoms with Gasteiger partial charge < -0.3 is 10.3 Å². The van der Waals surface area contributed by atoms with E-state index in [1.54, 1.807) is 18.3 Å². The van der Waals surface area contributed by atoms with E-state index in [2.05, 4.69) is 10.3 Å². The maximum atomic E-state index is 13.4. The molecule has 3 nitrogen and oxygen atoms in total. The molecule has 1 amide bonds. The van der Waals surface area contributed by atoms with Crippen molar-refractivity contribution in [3.8, 4) is 0 Å². The molecule has 1 aliphatic rings. The summed E-state index contributed by atoms with van der Waals surface area (Å²) in [5.74, 6) is -3.06. The van der Waals surface area contributed by atoms with Crippen molar-refractivity contribution in [3.05, 3.63) is 35.0 Å². The highest BCUT2D eigenvalue weighted by Gasteiger charge is 2.36. The Balaban J connectivity index is 1.69. The molecule has 1 saturated carbocycles. The number of hydrogen-bond donors (Lipinski definition) is 2. The Bertz CT molecular complexity index is 699. The van der Waals surface area contributed by atoms with E-state index in [9.17, 15) is 13.6 Å². The number of carbonyl (C=O) groups excluding carboxylic acids is 1. The molecule has 118 valence electrons. The van der Waals surface area contributed by atoms with Crippen molar-refractivity contribution in [3.63, 3.8) is 0 Å². The standard InChI is InChI=1S/C16H17ClF2N2O/c17-12-4-1-5-13-14(12)11(9-20-13)15(22)21-8-10-3-2-6-16(18,19)7-10/h1,4-5,9-10,20H,2-3,6-8H2,(H,21,22). The second kappa shape index (κ2) is 5.88. The fourth-order valence-corrected chi connectivity index (χ4v) is 3.38. The molecule has 0 radical (unpaired) electrons. The minimum atomic E-state index is -2.60. The van der Waals surface area contributed by atoms with Crippen LogP contribution in [0.2, 0.25) is 5.02 Å². The van der Waals surface area contributed by atoms with Crippen LogP contribution in [-0.4, -0.2) is 23.4 Å². The second-order valence-corrected chi connectivity index (χ2v) is 6.30. The summed E-state index contributed by atoms with van der Waals surface area (Å²) in [5.41, 5.74) is 1.23. The zero-order valence-electron chi connectivity index (χ0n) is 12.0. The predicted octanol–water partition coefficient (Wildman–Crippen LogP) is 4.38. The third-order valence-electron chi connectivity index (χ3n) is 4.19. The smallest absolute Gasteiger partial charge is 0.253 e. The summed E-state index contributed by atoms with van der Waals surface area (Å²) in [6, 6.07) is 5.35. The Hall–Kier alpha value is -1.62. The number of aromatic amines is 1. The summed E-state index contributed by atoms with van der Waals surface area (Å²) >= 11 is 6.13.